The molecule has 0 saturated carbocycles. The maximum atomic E-state index is 10.7. The van der Waals surface area contributed by atoms with Gasteiger partial charge in [0.05, 0.1) is 5.71 Å². The first-order valence-electron chi connectivity index (χ1n) is 5.53. The first-order valence-corrected chi connectivity index (χ1v) is 5.53. The van der Waals surface area contributed by atoms with Gasteiger partial charge in [-0.2, -0.15) is 5.10 Å². The Morgan fingerprint density at radius 3 is 2.38 bits per heavy atom. The summed E-state index contributed by atoms with van der Waals surface area (Å²) >= 11 is 0. The average molecular weight is 218 g/mol. The van der Waals surface area contributed by atoms with Crippen molar-refractivity contribution in [1.29, 1.82) is 0 Å². The summed E-state index contributed by atoms with van der Waals surface area (Å²) in [6.45, 7) is 5.49. The molecule has 3 heteroatoms. The minimum Gasteiger partial charge on any atom is -0.274 e. The molecule has 16 heavy (non-hydrogen) atoms. The second-order valence-corrected chi connectivity index (χ2v) is 3.81. The summed E-state index contributed by atoms with van der Waals surface area (Å²) in [5, 5.41) is 3.99. The van der Waals surface area contributed by atoms with Gasteiger partial charge in [0.2, 0.25) is 5.91 Å². The van der Waals surface area contributed by atoms with Gasteiger partial charge in [0.1, 0.15) is 0 Å². The van der Waals surface area contributed by atoms with Crippen molar-refractivity contribution >= 4 is 11.6 Å². The van der Waals surface area contributed by atoms with Gasteiger partial charge in [0, 0.05) is 6.92 Å². The molecule has 0 aromatic heterocycles. The molecule has 1 rings (SSSR count). The second kappa shape index (κ2) is 6.05. The Hall–Kier alpha value is -1.64. The molecule has 0 radical (unpaired) electrons. The monoisotopic (exact) mass is 218 g/mol. The van der Waals surface area contributed by atoms with Crippen molar-refractivity contribution in [1.82, 2.24) is 5.43 Å². The van der Waals surface area contributed by atoms with E-state index in [1.54, 1.807) is 0 Å². The zero-order chi connectivity index (χ0) is 12.0. The number of nitrogens with zero attached hydrogens (tertiary/aromatic N) is 1. The molecule has 86 valence electrons. The van der Waals surface area contributed by atoms with Gasteiger partial charge in [-0.15, -0.1) is 0 Å². The predicted molar refractivity (Wildman–Crippen MR) is 66.5 cm³/mol. The summed E-state index contributed by atoms with van der Waals surface area (Å²) in [7, 11) is 0. The van der Waals surface area contributed by atoms with Crippen LogP contribution in [0, 0.1) is 0 Å². The average Bonchev–Trinajstić information content (AvgIpc) is 2.27. The van der Waals surface area contributed by atoms with Crippen molar-refractivity contribution in [3.05, 3.63) is 35.4 Å². The highest BCUT2D eigenvalue weighted by atomic mass is 16.2. The normalized spacial score (nSPS) is 11.3. The zero-order valence-corrected chi connectivity index (χ0v) is 10.1. The van der Waals surface area contributed by atoms with Crippen molar-refractivity contribution in [2.75, 3.05) is 0 Å². The Labute approximate surface area is 96.6 Å². The van der Waals surface area contributed by atoms with Crippen molar-refractivity contribution in [3.8, 4) is 0 Å². The van der Waals surface area contributed by atoms with E-state index in [0.717, 1.165) is 24.1 Å². The van der Waals surface area contributed by atoms with E-state index >= 15 is 0 Å². The molecule has 1 amide bonds. The molecule has 0 bridgehead atoms. The number of rotatable bonds is 4. The van der Waals surface area contributed by atoms with Gasteiger partial charge in [0.15, 0.2) is 0 Å². The first-order chi connectivity index (χ1) is 7.63. The Morgan fingerprint density at radius 1 is 1.25 bits per heavy atom. The fourth-order valence-electron chi connectivity index (χ4n) is 1.43. The summed E-state index contributed by atoms with van der Waals surface area (Å²) in [4.78, 5) is 10.7. The molecule has 1 N–H and O–H groups in total. The lowest BCUT2D eigenvalue weighted by molar-refractivity contribution is -0.118. The first kappa shape index (κ1) is 12.4. The van der Waals surface area contributed by atoms with Gasteiger partial charge in [-0.05, 0) is 24.5 Å². The predicted octanol–water partition coefficient (Wildman–Crippen LogP) is 2.50. The van der Waals surface area contributed by atoms with E-state index in [2.05, 4.69) is 29.6 Å². The number of amides is 1. The maximum absolute atomic E-state index is 10.7. The summed E-state index contributed by atoms with van der Waals surface area (Å²) < 4.78 is 0. The molecule has 0 saturated heterocycles. The lowest BCUT2D eigenvalue weighted by atomic mass is 10.1. The topological polar surface area (TPSA) is 41.5 Å². The lowest BCUT2D eigenvalue weighted by Gasteiger charge is -2.03. The van der Waals surface area contributed by atoms with Crippen LogP contribution < -0.4 is 5.43 Å². The molecule has 0 fully saturated rings. The number of hydrogen-bond acceptors (Lipinski definition) is 2. The molecule has 0 heterocycles. The van der Waals surface area contributed by atoms with Gasteiger partial charge in [-0.3, -0.25) is 4.79 Å². The van der Waals surface area contributed by atoms with E-state index in [4.69, 9.17) is 0 Å². The van der Waals surface area contributed by atoms with Crippen LogP contribution in [-0.2, 0) is 11.2 Å². The van der Waals surface area contributed by atoms with E-state index in [9.17, 15) is 4.79 Å². The maximum Gasteiger partial charge on any atom is 0.236 e. The summed E-state index contributed by atoms with van der Waals surface area (Å²) in [5.41, 5.74) is 5.62. The molecule has 1 aromatic carbocycles. The van der Waals surface area contributed by atoms with Crippen LogP contribution in [0.1, 0.15) is 38.3 Å². The Kier molecular flexibility index (Phi) is 4.70. The highest BCUT2D eigenvalue weighted by molar-refractivity contribution is 5.99. The number of carbonyl (C=O) groups is 1. The molecule has 3 nitrogen and oxygen atoms in total. The highest BCUT2D eigenvalue weighted by Gasteiger charge is 1.98. The number of benzene rings is 1. The number of hydrogen-bond donors (Lipinski definition) is 1. The zero-order valence-electron chi connectivity index (χ0n) is 10.1. The van der Waals surface area contributed by atoms with Crippen LogP contribution in [0.3, 0.4) is 0 Å². The van der Waals surface area contributed by atoms with Gasteiger partial charge in [-0.25, -0.2) is 5.43 Å². The third kappa shape index (κ3) is 3.85. The van der Waals surface area contributed by atoms with Gasteiger partial charge < -0.3 is 0 Å². The molecule has 0 unspecified atom stereocenters. The quantitative estimate of drug-likeness (QED) is 0.612. The van der Waals surface area contributed by atoms with Crippen LogP contribution >= 0.6 is 0 Å². The van der Waals surface area contributed by atoms with Crippen LogP contribution in [-0.4, -0.2) is 11.6 Å². The van der Waals surface area contributed by atoms with E-state index in [1.165, 1.54) is 12.5 Å². The molecule has 1 aromatic rings. The largest absolute Gasteiger partial charge is 0.274 e. The van der Waals surface area contributed by atoms with Gasteiger partial charge >= 0.3 is 0 Å². The molecular formula is C13H18N2O. The molecule has 0 spiro atoms. The summed E-state index contributed by atoms with van der Waals surface area (Å²) in [6, 6.07) is 8.27. The molecular weight excluding hydrogens is 200 g/mol. The lowest BCUT2D eigenvalue weighted by Crippen LogP contribution is -2.14. The van der Waals surface area contributed by atoms with Crippen molar-refractivity contribution < 1.29 is 4.79 Å². The van der Waals surface area contributed by atoms with Crippen molar-refractivity contribution in [3.63, 3.8) is 0 Å². The number of carbonyl (C=O) groups excluding carboxylic acids is 1. The van der Waals surface area contributed by atoms with Crippen LogP contribution in [0.15, 0.2) is 29.4 Å². The van der Waals surface area contributed by atoms with Gasteiger partial charge in [-0.1, -0.05) is 37.6 Å². The minimum absolute atomic E-state index is 0.151. The van der Waals surface area contributed by atoms with Crippen LogP contribution in [0.2, 0.25) is 0 Å². The number of hydrazone groups is 1. The molecule has 0 aliphatic rings. The summed E-state index contributed by atoms with van der Waals surface area (Å²) in [5.74, 6) is -0.151. The minimum atomic E-state index is -0.151. The Bertz CT molecular complexity index is 379. The Balaban J connectivity index is 2.73. The van der Waals surface area contributed by atoms with Crippen molar-refractivity contribution in [2.24, 2.45) is 5.10 Å². The van der Waals surface area contributed by atoms with Crippen molar-refractivity contribution in [2.45, 2.75) is 33.6 Å². The number of aryl methyl sites for hydroxylation is 1. The third-order valence-electron chi connectivity index (χ3n) is 2.29. The van der Waals surface area contributed by atoms with Crippen LogP contribution in [0.25, 0.3) is 0 Å². The Morgan fingerprint density at radius 2 is 1.88 bits per heavy atom. The fourth-order valence-corrected chi connectivity index (χ4v) is 1.43. The second-order valence-electron chi connectivity index (χ2n) is 3.81. The van der Waals surface area contributed by atoms with Gasteiger partial charge in [0.25, 0.3) is 0 Å². The fraction of sp³-hybridized carbons (Fsp3) is 0.385. The van der Waals surface area contributed by atoms with Crippen LogP contribution in [0.4, 0.5) is 0 Å². The molecule has 0 atom stereocenters. The van der Waals surface area contributed by atoms with Crippen LogP contribution in [0.5, 0.6) is 0 Å². The SMILES string of the molecule is CCCc1ccc(C(C)=NNC(C)=O)cc1. The highest BCUT2D eigenvalue weighted by Crippen LogP contribution is 2.07. The molecule has 0 aliphatic carbocycles. The number of nitrogens with one attached hydrogen (secondary N) is 1. The van der Waals surface area contributed by atoms with E-state index in [1.807, 2.05) is 19.1 Å². The van der Waals surface area contributed by atoms with E-state index in [-0.39, 0.29) is 5.91 Å². The molecule has 0 aliphatic heterocycles. The van der Waals surface area contributed by atoms with E-state index in [0.29, 0.717) is 0 Å². The third-order valence-corrected chi connectivity index (χ3v) is 2.29. The smallest absolute Gasteiger partial charge is 0.236 e. The standard InChI is InChI=1S/C13H18N2O/c1-4-5-12-6-8-13(9-7-12)10(2)14-15-11(3)16/h6-9H,4-5H2,1-3H3,(H,15,16). The summed E-state index contributed by atoms with van der Waals surface area (Å²) in [6.07, 6.45) is 2.25. The van der Waals surface area contributed by atoms with E-state index < -0.39 is 0 Å².